The van der Waals surface area contributed by atoms with E-state index in [2.05, 4.69) is 34.4 Å². The number of thioether (sulfide) groups is 1. The summed E-state index contributed by atoms with van der Waals surface area (Å²) in [6, 6.07) is 2.30. The number of carbonyl (C=O) groups excluding carboxylic acids is 2. The van der Waals surface area contributed by atoms with E-state index in [1.807, 2.05) is 23.6 Å². The zero-order valence-electron chi connectivity index (χ0n) is 20.1. The Bertz CT molecular complexity index is 767. The molecule has 1 aromatic heterocycles. The lowest BCUT2D eigenvalue weighted by atomic mass is 10.0. The number of rotatable bonds is 11. The number of aromatic nitrogens is 1. The molecule has 1 aliphatic heterocycles. The first kappa shape index (κ1) is 28.0. The van der Waals surface area contributed by atoms with Crippen molar-refractivity contribution < 1.29 is 9.59 Å². The summed E-state index contributed by atoms with van der Waals surface area (Å²) in [7, 11) is 0. The Hall–Kier alpha value is -1.22. The van der Waals surface area contributed by atoms with Gasteiger partial charge in [0.25, 0.3) is 5.91 Å². The molecule has 0 aliphatic carbocycles. The van der Waals surface area contributed by atoms with Crippen molar-refractivity contribution in [2.24, 2.45) is 0 Å². The predicted molar refractivity (Wildman–Crippen MR) is 139 cm³/mol. The quantitative estimate of drug-likeness (QED) is 0.334. The first-order chi connectivity index (χ1) is 15.8. The topological polar surface area (TPSA) is 77.6 Å². The van der Waals surface area contributed by atoms with Gasteiger partial charge in [-0.05, 0) is 57.4 Å². The zero-order chi connectivity index (χ0) is 24.4. The fourth-order valence-electron chi connectivity index (χ4n) is 4.18. The summed E-state index contributed by atoms with van der Waals surface area (Å²) in [5.41, 5.74) is 1.09. The first-order valence-corrected chi connectivity index (χ1v) is 13.7. The molecular formula is C23H37Cl2N5O2S. The monoisotopic (exact) mass is 517 g/mol. The molecule has 0 unspecified atom stereocenters. The van der Waals surface area contributed by atoms with Crippen LogP contribution in [0.3, 0.4) is 0 Å². The Morgan fingerprint density at radius 2 is 1.97 bits per heavy atom. The van der Waals surface area contributed by atoms with Gasteiger partial charge in [-0.1, -0.05) is 30.1 Å². The first-order valence-electron chi connectivity index (χ1n) is 11.8. The molecule has 7 nitrogen and oxygen atoms in total. The third-order valence-electron chi connectivity index (χ3n) is 6.05. The Labute approximate surface area is 212 Å². The number of urea groups is 1. The molecule has 0 radical (unpaired) electrons. The normalized spacial score (nSPS) is 15.8. The highest BCUT2D eigenvalue weighted by Gasteiger charge is 2.29. The van der Waals surface area contributed by atoms with Gasteiger partial charge in [-0.2, -0.15) is 11.8 Å². The van der Waals surface area contributed by atoms with E-state index in [0.29, 0.717) is 30.3 Å². The third-order valence-corrected chi connectivity index (χ3v) is 7.40. The molecule has 3 amide bonds. The molecule has 1 aliphatic rings. The number of nitrogens with one attached hydrogen (secondary N) is 2. The van der Waals surface area contributed by atoms with E-state index in [-0.39, 0.29) is 28.3 Å². The molecule has 1 atom stereocenters. The van der Waals surface area contributed by atoms with Crippen molar-refractivity contribution in [1.82, 2.24) is 25.4 Å². The van der Waals surface area contributed by atoms with Gasteiger partial charge in [0.1, 0.15) is 10.3 Å². The van der Waals surface area contributed by atoms with Crippen LogP contribution in [0.15, 0.2) is 6.07 Å². The van der Waals surface area contributed by atoms with Crippen molar-refractivity contribution in [2.45, 2.75) is 59.0 Å². The molecule has 2 rings (SSSR count). The van der Waals surface area contributed by atoms with Crippen LogP contribution in [0.2, 0.25) is 10.3 Å². The summed E-state index contributed by atoms with van der Waals surface area (Å²) in [6.07, 6.45) is 2.77. The fourth-order valence-corrected chi connectivity index (χ4v) is 5.41. The molecule has 33 heavy (non-hydrogen) atoms. The number of hydrogen-bond donors (Lipinski definition) is 2. The van der Waals surface area contributed by atoms with Gasteiger partial charge in [0.05, 0.1) is 5.56 Å². The maximum Gasteiger partial charge on any atom is 0.317 e. The number of halogens is 2. The number of carbonyl (C=O) groups is 2. The van der Waals surface area contributed by atoms with E-state index >= 15 is 0 Å². The van der Waals surface area contributed by atoms with Crippen LogP contribution >= 0.6 is 35.0 Å². The second-order valence-electron chi connectivity index (χ2n) is 8.31. The van der Waals surface area contributed by atoms with Crippen LogP contribution in [0, 0.1) is 6.92 Å². The highest BCUT2D eigenvalue weighted by molar-refractivity contribution is 7.99. The molecule has 2 heterocycles. The van der Waals surface area contributed by atoms with Crippen molar-refractivity contribution in [1.29, 1.82) is 0 Å². The summed E-state index contributed by atoms with van der Waals surface area (Å²) in [6.45, 7) is 12.0. The number of hydrogen-bond acceptors (Lipinski definition) is 5. The Kier molecular flexibility index (Phi) is 12.1. The number of piperidine rings is 1. The number of aryl methyl sites for hydroxylation is 1. The lowest BCUT2D eigenvalue weighted by molar-refractivity contribution is 0.0924. The van der Waals surface area contributed by atoms with Gasteiger partial charge >= 0.3 is 6.03 Å². The predicted octanol–water partition coefficient (Wildman–Crippen LogP) is 4.45. The van der Waals surface area contributed by atoms with Gasteiger partial charge in [0, 0.05) is 50.6 Å². The van der Waals surface area contributed by atoms with Crippen LogP contribution in [0.4, 0.5) is 4.79 Å². The van der Waals surface area contributed by atoms with Gasteiger partial charge in [0.2, 0.25) is 0 Å². The largest absolute Gasteiger partial charge is 0.352 e. The van der Waals surface area contributed by atoms with E-state index in [1.54, 1.807) is 13.0 Å². The summed E-state index contributed by atoms with van der Waals surface area (Å²) >= 11 is 13.9. The molecule has 0 aromatic carbocycles. The van der Waals surface area contributed by atoms with E-state index in [4.69, 9.17) is 23.2 Å². The average molecular weight is 519 g/mol. The molecule has 2 N–H and O–H groups in total. The Morgan fingerprint density at radius 3 is 2.58 bits per heavy atom. The maximum absolute atomic E-state index is 12.6. The van der Waals surface area contributed by atoms with Crippen LogP contribution in [0.25, 0.3) is 0 Å². The minimum atomic E-state index is -0.227. The molecule has 0 saturated carbocycles. The summed E-state index contributed by atoms with van der Waals surface area (Å²) in [5, 5.41) is 6.33. The van der Waals surface area contributed by atoms with Crippen LogP contribution < -0.4 is 10.6 Å². The number of nitrogens with zero attached hydrogens (tertiary/aromatic N) is 3. The van der Waals surface area contributed by atoms with E-state index in [9.17, 15) is 9.59 Å². The van der Waals surface area contributed by atoms with Crippen LogP contribution in [0.1, 0.15) is 56.0 Å². The molecule has 1 fully saturated rings. The lowest BCUT2D eigenvalue weighted by Gasteiger charge is -2.40. The van der Waals surface area contributed by atoms with Gasteiger partial charge in [0.15, 0.2) is 0 Å². The third kappa shape index (κ3) is 8.50. The number of likely N-dealkylation sites (tertiary alicyclic amines) is 1. The van der Waals surface area contributed by atoms with Gasteiger partial charge in [-0.15, -0.1) is 0 Å². The Morgan fingerprint density at radius 1 is 1.27 bits per heavy atom. The second kappa shape index (κ2) is 14.2. The van der Waals surface area contributed by atoms with Crippen molar-refractivity contribution in [3.8, 4) is 0 Å². The average Bonchev–Trinajstić information content (AvgIpc) is 2.76. The van der Waals surface area contributed by atoms with E-state index in [0.717, 1.165) is 50.4 Å². The lowest BCUT2D eigenvalue weighted by Crippen LogP contribution is -2.52. The minimum absolute atomic E-state index is 0.0501. The SMILES string of the molecule is CCNC(=O)N(CCSCC)C1CCN([C@H](C)CCNC(=O)c2c(C)cc(Cl)nc2Cl)CC1. The molecular weight excluding hydrogens is 481 g/mol. The maximum atomic E-state index is 12.6. The highest BCUT2D eigenvalue weighted by atomic mass is 35.5. The van der Waals surface area contributed by atoms with Crippen LogP contribution in [-0.4, -0.2) is 83.0 Å². The van der Waals surface area contributed by atoms with Crippen LogP contribution in [-0.2, 0) is 0 Å². The second-order valence-corrected chi connectivity index (χ2v) is 10.5. The smallest absolute Gasteiger partial charge is 0.317 e. The van der Waals surface area contributed by atoms with Crippen molar-refractivity contribution in [2.75, 3.05) is 44.2 Å². The van der Waals surface area contributed by atoms with Crippen molar-refractivity contribution >= 4 is 46.9 Å². The van der Waals surface area contributed by atoms with E-state index < -0.39 is 0 Å². The number of pyridine rings is 1. The number of amides is 3. The zero-order valence-corrected chi connectivity index (χ0v) is 22.5. The Balaban J connectivity index is 1.81. The van der Waals surface area contributed by atoms with Crippen molar-refractivity contribution in [3.63, 3.8) is 0 Å². The van der Waals surface area contributed by atoms with Crippen molar-refractivity contribution in [3.05, 3.63) is 27.5 Å². The molecule has 0 bridgehead atoms. The standard InChI is InChI=1S/C23H37Cl2N5O2S/c1-5-26-23(32)30(13-14-33-6-2)18-8-11-29(12-9-18)17(4)7-10-27-22(31)20-16(3)15-19(24)28-21(20)25/h15,17-18H,5-14H2,1-4H3,(H,26,32)(H,27,31)/t17-/m1/s1. The van der Waals surface area contributed by atoms with Gasteiger partial charge < -0.3 is 20.4 Å². The minimum Gasteiger partial charge on any atom is -0.352 e. The molecule has 0 spiro atoms. The van der Waals surface area contributed by atoms with Gasteiger partial charge in [-0.3, -0.25) is 4.79 Å². The van der Waals surface area contributed by atoms with Gasteiger partial charge in [-0.25, -0.2) is 9.78 Å². The molecule has 1 aromatic rings. The summed E-state index contributed by atoms with van der Waals surface area (Å²) < 4.78 is 0. The molecule has 1 saturated heterocycles. The van der Waals surface area contributed by atoms with E-state index in [1.165, 1.54) is 0 Å². The summed E-state index contributed by atoms with van der Waals surface area (Å²) in [4.78, 5) is 33.6. The highest BCUT2D eigenvalue weighted by Crippen LogP contribution is 2.22. The molecule has 10 heteroatoms. The summed E-state index contributed by atoms with van der Waals surface area (Å²) in [5.74, 6) is 1.81. The molecule has 186 valence electrons. The fraction of sp³-hybridized carbons (Fsp3) is 0.696. The van der Waals surface area contributed by atoms with Crippen LogP contribution in [0.5, 0.6) is 0 Å².